The van der Waals surface area contributed by atoms with Crippen molar-refractivity contribution < 1.29 is 9.18 Å². The Labute approximate surface area is 144 Å². The van der Waals surface area contributed by atoms with Crippen LogP contribution in [0, 0.1) is 5.82 Å². The minimum absolute atomic E-state index is 0.131. The zero-order valence-electron chi connectivity index (χ0n) is 13.7. The van der Waals surface area contributed by atoms with Crippen LogP contribution in [0.5, 0.6) is 0 Å². The van der Waals surface area contributed by atoms with E-state index in [-0.39, 0.29) is 18.4 Å². The topological polar surface area (TPSA) is 71.8 Å². The quantitative estimate of drug-likeness (QED) is 0.750. The maximum absolute atomic E-state index is 13.5. The number of benzene rings is 1. The maximum atomic E-state index is 13.5. The highest BCUT2D eigenvalue weighted by molar-refractivity contribution is 5.73. The number of urea groups is 1. The Morgan fingerprint density at radius 1 is 1.16 bits per heavy atom. The second kappa shape index (κ2) is 7.57. The van der Waals surface area contributed by atoms with Crippen molar-refractivity contribution in [2.24, 2.45) is 7.05 Å². The molecule has 7 heteroatoms. The van der Waals surface area contributed by atoms with E-state index in [1.54, 1.807) is 41.5 Å². The lowest BCUT2D eigenvalue weighted by molar-refractivity contribution is 0.240. The second-order valence-electron chi connectivity index (χ2n) is 5.55. The van der Waals surface area contributed by atoms with Crippen molar-refractivity contribution in [2.75, 3.05) is 0 Å². The number of aryl methyl sites for hydroxylation is 1. The molecule has 0 aliphatic heterocycles. The summed E-state index contributed by atoms with van der Waals surface area (Å²) >= 11 is 0. The van der Waals surface area contributed by atoms with Crippen molar-refractivity contribution in [1.82, 2.24) is 25.4 Å². The molecule has 128 valence electrons. The Morgan fingerprint density at radius 2 is 1.96 bits per heavy atom. The van der Waals surface area contributed by atoms with Gasteiger partial charge in [0.15, 0.2) is 0 Å². The van der Waals surface area contributed by atoms with Crippen LogP contribution in [0.2, 0.25) is 0 Å². The minimum Gasteiger partial charge on any atom is -0.334 e. The van der Waals surface area contributed by atoms with Gasteiger partial charge in [-0.25, -0.2) is 9.18 Å². The predicted molar refractivity (Wildman–Crippen MR) is 91.9 cm³/mol. The number of hydrogen-bond acceptors (Lipinski definition) is 3. The van der Waals surface area contributed by atoms with Crippen LogP contribution in [0.15, 0.2) is 55.0 Å². The molecule has 0 saturated carbocycles. The molecule has 0 aliphatic rings. The van der Waals surface area contributed by atoms with Crippen LogP contribution in [0.4, 0.5) is 9.18 Å². The van der Waals surface area contributed by atoms with Crippen molar-refractivity contribution in [3.63, 3.8) is 0 Å². The third-order valence-corrected chi connectivity index (χ3v) is 3.76. The number of nitrogens with one attached hydrogen (secondary N) is 2. The van der Waals surface area contributed by atoms with Crippen molar-refractivity contribution in [3.8, 4) is 11.3 Å². The molecular formula is C18H18FN5O. The van der Waals surface area contributed by atoms with Gasteiger partial charge >= 0.3 is 6.03 Å². The monoisotopic (exact) mass is 339 g/mol. The fourth-order valence-corrected chi connectivity index (χ4v) is 2.44. The van der Waals surface area contributed by atoms with Gasteiger partial charge in [-0.3, -0.25) is 9.67 Å². The Balaban J connectivity index is 1.56. The highest BCUT2D eigenvalue weighted by Crippen LogP contribution is 2.18. The van der Waals surface area contributed by atoms with Gasteiger partial charge in [0.05, 0.1) is 5.69 Å². The van der Waals surface area contributed by atoms with E-state index in [2.05, 4.69) is 20.7 Å². The molecule has 0 bridgehead atoms. The standard InChI is InChI=1S/C18H18FN5O/c1-24-17(6-7-23-24)15-8-13(9-20-11-15)10-21-18(25)22-12-14-4-2-3-5-16(14)19/h2-9,11H,10,12H2,1H3,(H2,21,22,25). The fraction of sp³-hybridized carbons (Fsp3) is 0.167. The lowest BCUT2D eigenvalue weighted by Gasteiger charge is -2.09. The molecule has 0 aliphatic carbocycles. The van der Waals surface area contributed by atoms with Gasteiger partial charge in [-0.1, -0.05) is 18.2 Å². The van der Waals surface area contributed by atoms with Gasteiger partial charge in [-0.2, -0.15) is 5.10 Å². The number of halogens is 1. The van der Waals surface area contributed by atoms with E-state index < -0.39 is 0 Å². The average molecular weight is 339 g/mol. The van der Waals surface area contributed by atoms with Crippen LogP contribution in [0.25, 0.3) is 11.3 Å². The molecule has 25 heavy (non-hydrogen) atoms. The third-order valence-electron chi connectivity index (χ3n) is 3.76. The molecule has 0 spiro atoms. The molecule has 1 aromatic carbocycles. The zero-order chi connectivity index (χ0) is 17.6. The third kappa shape index (κ3) is 4.20. The van der Waals surface area contributed by atoms with Gasteiger partial charge < -0.3 is 10.6 Å². The first-order chi connectivity index (χ1) is 12.1. The summed E-state index contributed by atoms with van der Waals surface area (Å²) in [5, 5.41) is 9.51. The highest BCUT2D eigenvalue weighted by atomic mass is 19.1. The van der Waals surface area contributed by atoms with Crippen LogP contribution in [-0.2, 0) is 20.1 Å². The van der Waals surface area contributed by atoms with Crippen LogP contribution in [0.3, 0.4) is 0 Å². The van der Waals surface area contributed by atoms with E-state index >= 15 is 0 Å². The predicted octanol–water partition coefficient (Wildman–Crippen LogP) is 2.62. The van der Waals surface area contributed by atoms with Gasteiger partial charge in [0.25, 0.3) is 0 Å². The summed E-state index contributed by atoms with van der Waals surface area (Å²) in [6.45, 7) is 0.452. The first-order valence-electron chi connectivity index (χ1n) is 7.81. The molecule has 0 fully saturated rings. The van der Waals surface area contributed by atoms with E-state index in [9.17, 15) is 9.18 Å². The summed E-state index contributed by atoms with van der Waals surface area (Å²) in [6, 6.07) is 9.82. The number of nitrogens with zero attached hydrogens (tertiary/aromatic N) is 3. The number of amides is 2. The molecule has 2 amide bonds. The molecule has 0 radical (unpaired) electrons. The molecule has 6 nitrogen and oxygen atoms in total. The molecule has 0 atom stereocenters. The number of carbonyl (C=O) groups excluding carboxylic acids is 1. The summed E-state index contributed by atoms with van der Waals surface area (Å²) in [7, 11) is 1.86. The van der Waals surface area contributed by atoms with Gasteiger partial charge in [0, 0.05) is 49.9 Å². The average Bonchev–Trinajstić information content (AvgIpc) is 3.05. The lowest BCUT2D eigenvalue weighted by atomic mass is 10.1. The first kappa shape index (κ1) is 16.6. The molecule has 0 unspecified atom stereocenters. The minimum atomic E-state index is -0.366. The molecule has 2 heterocycles. The largest absolute Gasteiger partial charge is 0.334 e. The Kier molecular flexibility index (Phi) is 5.03. The smallest absolute Gasteiger partial charge is 0.315 e. The lowest BCUT2D eigenvalue weighted by Crippen LogP contribution is -2.34. The Hall–Kier alpha value is -3.22. The number of rotatable bonds is 5. The first-order valence-corrected chi connectivity index (χ1v) is 7.81. The summed E-state index contributed by atoms with van der Waals surface area (Å²) in [5.74, 6) is -0.337. The number of hydrogen-bond donors (Lipinski definition) is 2. The Bertz CT molecular complexity index is 877. The van der Waals surface area contributed by atoms with E-state index in [1.807, 2.05) is 19.2 Å². The Morgan fingerprint density at radius 3 is 2.72 bits per heavy atom. The van der Waals surface area contributed by atoms with Crippen molar-refractivity contribution >= 4 is 6.03 Å². The molecule has 2 N–H and O–H groups in total. The summed E-state index contributed by atoms with van der Waals surface area (Å²) < 4.78 is 15.3. The van der Waals surface area contributed by atoms with Gasteiger partial charge in [-0.05, 0) is 23.8 Å². The maximum Gasteiger partial charge on any atom is 0.315 e. The van der Waals surface area contributed by atoms with Gasteiger partial charge in [0.1, 0.15) is 5.82 Å². The van der Waals surface area contributed by atoms with Gasteiger partial charge in [0.2, 0.25) is 0 Å². The number of carbonyl (C=O) groups is 1. The fourth-order valence-electron chi connectivity index (χ4n) is 2.44. The summed E-state index contributed by atoms with van der Waals surface area (Å²) in [4.78, 5) is 16.1. The summed E-state index contributed by atoms with van der Waals surface area (Å²) in [5.41, 5.74) is 3.17. The zero-order valence-corrected chi connectivity index (χ0v) is 13.7. The SMILES string of the molecule is Cn1nccc1-c1cncc(CNC(=O)NCc2ccccc2F)c1. The van der Waals surface area contributed by atoms with Crippen molar-refractivity contribution in [3.05, 3.63) is 71.9 Å². The van der Waals surface area contributed by atoms with E-state index in [0.717, 1.165) is 16.8 Å². The second-order valence-corrected chi connectivity index (χ2v) is 5.55. The molecule has 2 aromatic heterocycles. The van der Waals surface area contributed by atoms with Crippen molar-refractivity contribution in [2.45, 2.75) is 13.1 Å². The molecule has 3 rings (SSSR count). The normalized spacial score (nSPS) is 10.5. The van der Waals surface area contributed by atoms with E-state index in [4.69, 9.17) is 0 Å². The van der Waals surface area contributed by atoms with Gasteiger partial charge in [-0.15, -0.1) is 0 Å². The number of pyridine rings is 1. The van der Waals surface area contributed by atoms with Crippen molar-refractivity contribution in [1.29, 1.82) is 0 Å². The van der Waals surface area contributed by atoms with Crippen LogP contribution in [-0.4, -0.2) is 20.8 Å². The van der Waals surface area contributed by atoms with Crippen LogP contribution >= 0.6 is 0 Å². The summed E-state index contributed by atoms with van der Waals surface area (Å²) in [6.07, 6.45) is 5.16. The van der Waals surface area contributed by atoms with Crippen LogP contribution in [0.1, 0.15) is 11.1 Å². The highest BCUT2D eigenvalue weighted by Gasteiger charge is 2.06. The molecule has 3 aromatic rings. The number of aromatic nitrogens is 3. The van der Waals surface area contributed by atoms with E-state index in [1.165, 1.54) is 6.07 Å². The molecule has 0 saturated heterocycles. The van der Waals surface area contributed by atoms with Crippen LogP contribution < -0.4 is 10.6 Å². The molecular weight excluding hydrogens is 321 g/mol. The van der Waals surface area contributed by atoms with E-state index in [0.29, 0.717) is 12.1 Å².